The van der Waals surface area contributed by atoms with Crippen molar-refractivity contribution in [3.8, 4) is 5.69 Å². The minimum atomic E-state index is -0.654. The number of thioether (sulfide) groups is 1. The van der Waals surface area contributed by atoms with Crippen LogP contribution < -0.4 is 16.2 Å². The summed E-state index contributed by atoms with van der Waals surface area (Å²) in [4.78, 5) is 45.2. The van der Waals surface area contributed by atoms with Gasteiger partial charge in [-0.25, -0.2) is 9.78 Å². The third kappa shape index (κ3) is 3.98. The van der Waals surface area contributed by atoms with Gasteiger partial charge in [-0.2, -0.15) is 0 Å². The molecular weight excluding hydrogens is 366 g/mol. The van der Waals surface area contributed by atoms with Gasteiger partial charge in [0.15, 0.2) is 5.16 Å². The Morgan fingerprint density at radius 2 is 1.96 bits per heavy atom. The van der Waals surface area contributed by atoms with Crippen molar-refractivity contribution >= 4 is 34.6 Å². The highest BCUT2D eigenvalue weighted by Crippen LogP contribution is 2.24. The van der Waals surface area contributed by atoms with Gasteiger partial charge in [0.2, 0.25) is 5.91 Å². The zero-order chi connectivity index (χ0) is 19.4. The van der Waals surface area contributed by atoms with Crippen LogP contribution in [-0.4, -0.2) is 38.8 Å². The molecule has 1 atom stereocenters. The number of fused-ring (bicyclic) bond motifs is 1. The van der Waals surface area contributed by atoms with E-state index >= 15 is 0 Å². The number of hydrogen-bond acceptors (Lipinski definition) is 6. The summed E-state index contributed by atoms with van der Waals surface area (Å²) in [5.41, 5.74) is 0.821. The topological polar surface area (TPSA) is 106 Å². The van der Waals surface area contributed by atoms with E-state index in [1.165, 1.54) is 11.6 Å². The summed E-state index contributed by atoms with van der Waals surface area (Å²) in [6.45, 7) is 1.64. The minimum Gasteiger partial charge on any atom is -0.341 e. The van der Waals surface area contributed by atoms with Gasteiger partial charge in [-0.15, -0.1) is 0 Å². The quantitative estimate of drug-likeness (QED) is 0.525. The molecule has 0 saturated heterocycles. The Bertz CT molecular complexity index is 1050. The molecule has 2 N–H and O–H groups in total. The van der Waals surface area contributed by atoms with E-state index in [2.05, 4.69) is 20.6 Å². The Balaban J connectivity index is 2.07. The molecule has 138 valence electrons. The zero-order valence-electron chi connectivity index (χ0n) is 14.7. The molecule has 1 aromatic carbocycles. The molecule has 0 spiro atoms. The van der Waals surface area contributed by atoms with Crippen LogP contribution in [0, 0.1) is 0 Å². The third-order valence-corrected chi connectivity index (χ3v) is 4.82. The standard InChI is InChI=1S/C18H17N5O3S/c1-11(15(24)22-17(26)19-2)27-18-21-14-8-4-3-7-13(14)16(25)23(18)12-6-5-9-20-10-12/h3-11H,1-2H3,(H2,19,22,24,26). The lowest BCUT2D eigenvalue weighted by atomic mass is 10.2. The summed E-state index contributed by atoms with van der Waals surface area (Å²) in [5, 5.41) is 4.70. The van der Waals surface area contributed by atoms with Gasteiger partial charge in [-0.05, 0) is 31.2 Å². The van der Waals surface area contributed by atoms with Gasteiger partial charge in [0, 0.05) is 13.2 Å². The third-order valence-electron chi connectivity index (χ3n) is 3.76. The number of nitrogens with one attached hydrogen (secondary N) is 2. The van der Waals surface area contributed by atoms with Gasteiger partial charge in [0.05, 0.1) is 28.0 Å². The van der Waals surface area contributed by atoms with E-state index in [4.69, 9.17) is 0 Å². The number of imide groups is 1. The second-order valence-electron chi connectivity index (χ2n) is 5.59. The molecule has 2 aromatic heterocycles. The molecule has 0 radical (unpaired) electrons. The molecular formula is C18H17N5O3S. The van der Waals surface area contributed by atoms with Crippen LogP contribution >= 0.6 is 11.8 Å². The Labute approximate surface area is 159 Å². The highest BCUT2D eigenvalue weighted by Gasteiger charge is 2.21. The van der Waals surface area contributed by atoms with Gasteiger partial charge in [0.25, 0.3) is 5.56 Å². The lowest BCUT2D eigenvalue weighted by molar-refractivity contribution is -0.119. The molecule has 1 unspecified atom stereocenters. The van der Waals surface area contributed by atoms with Crippen LogP contribution in [0.2, 0.25) is 0 Å². The molecule has 0 aliphatic rings. The first kappa shape index (κ1) is 18.6. The molecule has 3 aromatic rings. The Kier molecular flexibility index (Phi) is 5.51. The summed E-state index contributed by atoms with van der Waals surface area (Å²) in [6.07, 6.45) is 3.16. The van der Waals surface area contributed by atoms with Crippen LogP contribution in [0.25, 0.3) is 16.6 Å². The number of pyridine rings is 1. The number of carbonyl (C=O) groups excluding carboxylic acids is 2. The molecule has 3 rings (SSSR count). The molecule has 8 nitrogen and oxygen atoms in total. The molecule has 0 bridgehead atoms. The zero-order valence-corrected chi connectivity index (χ0v) is 15.5. The fourth-order valence-electron chi connectivity index (χ4n) is 2.39. The molecule has 3 amide bonds. The van der Waals surface area contributed by atoms with E-state index in [-0.39, 0.29) is 5.56 Å². The van der Waals surface area contributed by atoms with Crippen LogP contribution in [0.3, 0.4) is 0 Å². The number of hydrogen-bond donors (Lipinski definition) is 2. The maximum absolute atomic E-state index is 13.0. The van der Waals surface area contributed by atoms with E-state index in [1.54, 1.807) is 55.7 Å². The lowest BCUT2D eigenvalue weighted by Gasteiger charge is -2.15. The van der Waals surface area contributed by atoms with Crippen molar-refractivity contribution in [2.75, 3.05) is 7.05 Å². The maximum atomic E-state index is 13.0. The summed E-state index contributed by atoms with van der Waals surface area (Å²) >= 11 is 1.09. The predicted molar refractivity (Wildman–Crippen MR) is 103 cm³/mol. The minimum absolute atomic E-state index is 0.255. The number of carbonyl (C=O) groups is 2. The van der Waals surface area contributed by atoms with Crippen LogP contribution in [0.5, 0.6) is 0 Å². The smallest absolute Gasteiger partial charge is 0.321 e. The molecule has 0 saturated carbocycles. The fourth-order valence-corrected chi connectivity index (χ4v) is 3.32. The van der Waals surface area contributed by atoms with Crippen molar-refractivity contribution in [2.45, 2.75) is 17.3 Å². The number of amides is 3. The summed E-state index contributed by atoms with van der Waals surface area (Å²) in [6, 6.07) is 9.86. The van der Waals surface area contributed by atoms with E-state index in [1.807, 2.05) is 0 Å². The number of urea groups is 1. The van der Waals surface area contributed by atoms with E-state index in [0.717, 1.165) is 11.8 Å². The van der Waals surface area contributed by atoms with Crippen molar-refractivity contribution in [3.05, 3.63) is 59.1 Å². The highest BCUT2D eigenvalue weighted by atomic mass is 32.2. The first-order valence-electron chi connectivity index (χ1n) is 8.12. The highest BCUT2D eigenvalue weighted by molar-refractivity contribution is 8.00. The molecule has 9 heteroatoms. The normalized spacial score (nSPS) is 11.8. The Morgan fingerprint density at radius 3 is 2.67 bits per heavy atom. The Morgan fingerprint density at radius 1 is 1.19 bits per heavy atom. The number of para-hydroxylation sites is 1. The van der Waals surface area contributed by atoms with Crippen molar-refractivity contribution in [1.82, 2.24) is 25.2 Å². The molecule has 2 heterocycles. The van der Waals surface area contributed by atoms with E-state index in [9.17, 15) is 14.4 Å². The van der Waals surface area contributed by atoms with Crippen molar-refractivity contribution in [3.63, 3.8) is 0 Å². The molecule has 0 aliphatic carbocycles. The van der Waals surface area contributed by atoms with Gasteiger partial charge in [0.1, 0.15) is 0 Å². The first-order chi connectivity index (χ1) is 13.0. The SMILES string of the molecule is CNC(=O)NC(=O)C(C)Sc1nc2ccccc2c(=O)n1-c1cccnc1. The summed E-state index contributed by atoms with van der Waals surface area (Å²) < 4.78 is 1.42. The van der Waals surface area contributed by atoms with Crippen LogP contribution in [0.4, 0.5) is 4.79 Å². The first-order valence-corrected chi connectivity index (χ1v) is 9.00. The maximum Gasteiger partial charge on any atom is 0.321 e. The Hall–Kier alpha value is -3.20. The van der Waals surface area contributed by atoms with Crippen molar-refractivity contribution in [2.24, 2.45) is 0 Å². The van der Waals surface area contributed by atoms with Crippen molar-refractivity contribution < 1.29 is 9.59 Å². The van der Waals surface area contributed by atoms with Crippen LogP contribution in [-0.2, 0) is 4.79 Å². The number of benzene rings is 1. The second-order valence-corrected chi connectivity index (χ2v) is 6.90. The van der Waals surface area contributed by atoms with Crippen LogP contribution in [0.1, 0.15) is 6.92 Å². The van der Waals surface area contributed by atoms with Gasteiger partial charge >= 0.3 is 6.03 Å². The lowest BCUT2D eigenvalue weighted by Crippen LogP contribution is -2.41. The number of nitrogens with zero attached hydrogens (tertiary/aromatic N) is 3. The summed E-state index contributed by atoms with van der Waals surface area (Å²) in [7, 11) is 1.42. The van der Waals surface area contributed by atoms with Crippen LogP contribution in [0.15, 0.2) is 58.7 Å². The van der Waals surface area contributed by atoms with Crippen molar-refractivity contribution in [1.29, 1.82) is 0 Å². The second kappa shape index (κ2) is 8.00. The molecule has 0 aliphatic heterocycles. The van der Waals surface area contributed by atoms with Gasteiger partial charge in [-0.3, -0.25) is 24.5 Å². The molecule has 0 fully saturated rings. The predicted octanol–water partition coefficient (Wildman–Crippen LogP) is 1.72. The average Bonchev–Trinajstić information content (AvgIpc) is 2.68. The summed E-state index contributed by atoms with van der Waals surface area (Å²) in [5.74, 6) is -0.487. The van der Waals surface area contributed by atoms with E-state index < -0.39 is 17.2 Å². The average molecular weight is 383 g/mol. The largest absolute Gasteiger partial charge is 0.341 e. The number of rotatable bonds is 4. The van der Waals surface area contributed by atoms with Gasteiger partial charge < -0.3 is 5.32 Å². The fraction of sp³-hybridized carbons (Fsp3) is 0.167. The monoisotopic (exact) mass is 383 g/mol. The van der Waals surface area contributed by atoms with Gasteiger partial charge in [-0.1, -0.05) is 23.9 Å². The van der Waals surface area contributed by atoms with E-state index in [0.29, 0.717) is 21.7 Å². The molecule has 27 heavy (non-hydrogen) atoms. The number of aromatic nitrogens is 3.